The molecule has 1 heterocycles. The molecule has 0 amide bonds. The lowest BCUT2D eigenvalue weighted by Crippen LogP contribution is -2.12. The third-order valence-corrected chi connectivity index (χ3v) is 4.67. The molecule has 1 aromatic rings. The standard InChI is InChI=1S/C13H18BrNOS/c1-9(6-15)7-17-8-11-5-12(14)4-10-2-3-16-13(10)11/h4-5,9H,2-3,6-8,15H2,1H3. The second-order valence-electron chi connectivity index (χ2n) is 4.51. The second kappa shape index (κ2) is 6.12. The number of ether oxygens (including phenoxy) is 1. The van der Waals surface area contributed by atoms with Crippen LogP contribution in [0.2, 0.25) is 0 Å². The van der Waals surface area contributed by atoms with Crippen LogP contribution in [0, 0.1) is 5.92 Å². The zero-order valence-electron chi connectivity index (χ0n) is 10.0. The number of benzene rings is 1. The van der Waals surface area contributed by atoms with Crippen LogP contribution < -0.4 is 10.5 Å². The Bertz CT molecular complexity index is 397. The Labute approximate surface area is 115 Å². The summed E-state index contributed by atoms with van der Waals surface area (Å²) in [5, 5.41) is 0. The smallest absolute Gasteiger partial charge is 0.126 e. The van der Waals surface area contributed by atoms with Crippen LogP contribution in [-0.2, 0) is 12.2 Å². The maximum absolute atomic E-state index is 5.71. The molecule has 0 aliphatic carbocycles. The van der Waals surface area contributed by atoms with Crippen LogP contribution in [-0.4, -0.2) is 18.9 Å². The van der Waals surface area contributed by atoms with E-state index in [-0.39, 0.29) is 0 Å². The molecule has 4 heteroatoms. The molecule has 0 spiro atoms. The lowest BCUT2D eigenvalue weighted by Gasteiger charge is -2.11. The molecule has 0 bridgehead atoms. The highest BCUT2D eigenvalue weighted by Crippen LogP contribution is 2.35. The van der Waals surface area contributed by atoms with Crippen molar-refractivity contribution in [3.8, 4) is 5.75 Å². The maximum Gasteiger partial charge on any atom is 0.126 e. The number of halogens is 1. The lowest BCUT2D eigenvalue weighted by atomic mass is 10.1. The molecule has 0 saturated heterocycles. The quantitative estimate of drug-likeness (QED) is 0.906. The fraction of sp³-hybridized carbons (Fsp3) is 0.538. The van der Waals surface area contributed by atoms with Crippen molar-refractivity contribution in [1.29, 1.82) is 0 Å². The van der Waals surface area contributed by atoms with Crippen LogP contribution in [0.5, 0.6) is 5.75 Å². The van der Waals surface area contributed by atoms with Crippen molar-refractivity contribution in [2.45, 2.75) is 19.1 Å². The number of hydrogen-bond acceptors (Lipinski definition) is 3. The van der Waals surface area contributed by atoms with Gasteiger partial charge < -0.3 is 10.5 Å². The number of fused-ring (bicyclic) bond motifs is 1. The first kappa shape index (κ1) is 13.2. The summed E-state index contributed by atoms with van der Waals surface area (Å²) in [6.45, 7) is 3.78. The summed E-state index contributed by atoms with van der Waals surface area (Å²) < 4.78 is 6.87. The van der Waals surface area contributed by atoms with Crippen molar-refractivity contribution in [2.24, 2.45) is 11.7 Å². The largest absolute Gasteiger partial charge is 0.493 e. The molecule has 1 aromatic carbocycles. The predicted octanol–water partition coefficient (Wildman–Crippen LogP) is 3.21. The van der Waals surface area contributed by atoms with Gasteiger partial charge in [0.1, 0.15) is 5.75 Å². The topological polar surface area (TPSA) is 35.2 Å². The highest BCUT2D eigenvalue weighted by Gasteiger charge is 2.17. The Kier molecular flexibility index (Phi) is 4.77. The summed E-state index contributed by atoms with van der Waals surface area (Å²) in [7, 11) is 0. The van der Waals surface area contributed by atoms with Gasteiger partial charge in [0.15, 0.2) is 0 Å². The molecule has 1 unspecified atom stereocenters. The van der Waals surface area contributed by atoms with E-state index < -0.39 is 0 Å². The van der Waals surface area contributed by atoms with E-state index in [1.807, 2.05) is 11.8 Å². The van der Waals surface area contributed by atoms with E-state index in [2.05, 4.69) is 35.0 Å². The van der Waals surface area contributed by atoms with Crippen molar-refractivity contribution in [3.05, 3.63) is 27.7 Å². The SMILES string of the molecule is CC(CN)CSCc1cc(Br)cc2c1OCC2. The third kappa shape index (κ3) is 3.39. The fourth-order valence-corrected chi connectivity index (χ4v) is 3.53. The summed E-state index contributed by atoms with van der Waals surface area (Å²) >= 11 is 5.50. The van der Waals surface area contributed by atoms with Gasteiger partial charge in [-0.3, -0.25) is 0 Å². The molecule has 2 N–H and O–H groups in total. The van der Waals surface area contributed by atoms with Crippen molar-refractivity contribution >= 4 is 27.7 Å². The van der Waals surface area contributed by atoms with Crippen molar-refractivity contribution < 1.29 is 4.74 Å². The first-order valence-corrected chi connectivity index (χ1v) is 7.87. The average molecular weight is 316 g/mol. The van der Waals surface area contributed by atoms with Crippen LogP contribution in [0.1, 0.15) is 18.1 Å². The van der Waals surface area contributed by atoms with Crippen LogP contribution in [0.25, 0.3) is 0 Å². The Morgan fingerprint density at radius 3 is 3.12 bits per heavy atom. The zero-order chi connectivity index (χ0) is 12.3. The molecule has 0 fully saturated rings. The summed E-state index contributed by atoms with van der Waals surface area (Å²) in [6, 6.07) is 4.34. The third-order valence-electron chi connectivity index (χ3n) is 2.89. The van der Waals surface area contributed by atoms with E-state index in [4.69, 9.17) is 10.5 Å². The van der Waals surface area contributed by atoms with E-state index in [0.717, 1.165) is 41.3 Å². The molecule has 2 rings (SSSR count). The predicted molar refractivity (Wildman–Crippen MR) is 77.7 cm³/mol. The summed E-state index contributed by atoms with van der Waals surface area (Å²) in [6.07, 6.45) is 1.03. The van der Waals surface area contributed by atoms with Crippen LogP contribution in [0.3, 0.4) is 0 Å². The molecule has 1 aliphatic heterocycles. The van der Waals surface area contributed by atoms with Gasteiger partial charge in [-0.25, -0.2) is 0 Å². The second-order valence-corrected chi connectivity index (χ2v) is 6.45. The van der Waals surface area contributed by atoms with Gasteiger partial charge in [-0.1, -0.05) is 22.9 Å². The molecular formula is C13H18BrNOS. The fourth-order valence-electron chi connectivity index (χ4n) is 1.89. The summed E-state index contributed by atoms with van der Waals surface area (Å²) in [5.41, 5.74) is 8.26. The van der Waals surface area contributed by atoms with Gasteiger partial charge >= 0.3 is 0 Å². The minimum absolute atomic E-state index is 0.584. The minimum Gasteiger partial charge on any atom is -0.493 e. The van der Waals surface area contributed by atoms with Gasteiger partial charge in [0.25, 0.3) is 0 Å². The Hall–Kier alpha value is -0.190. The average Bonchev–Trinajstić information content (AvgIpc) is 2.76. The maximum atomic E-state index is 5.71. The molecule has 1 aliphatic rings. The summed E-state index contributed by atoms with van der Waals surface area (Å²) in [4.78, 5) is 0. The molecule has 2 nitrogen and oxygen atoms in total. The van der Waals surface area contributed by atoms with E-state index >= 15 is 0 Å². The molecular weight excluding hydrogens is 298 g/mol. The van der Waals surface area contributed by atoms with E-state index in [9.17, 15) is 0 Å². The first-order valence-electron chi connectivity index (χ1n) is 5.92. The highest BCUT2D eigenvalue weighted by atomic mass is 79.9. The van der Waals surface area contributed by atoms with Crippen molar-refractivity contribution in [3.63, 3.8) is 0 Å². The number of hydrogen-bond donors (Lipinski definition) is 1. The van der Waals surface area contributed by atoms with E-state index in [1.165, 1.54) is 11.1 Å². The normalized spacial score (nSPS) is 15.5. The molecule has 0 radical (unpaired) electrons. The van der Waals surface area contributed by atoms with Crippen molar-refractivity contribution in [1.82, 2.24) is 0 Å². The van der Waals surface area contributed by atoms with Gasteiger partial charge in [-0.05, 0) is 35.9 Å². The van der Waals surface area contributed by atoms with Gasteiger partial charge in [-0.15, -0.1) is 0 Å². The Morgan fingerprint density at radius 2 is 2.35 bits per heavy atom. The van der Waals surface area contributed by atoms with Crippen molar-refractivity contribution in [2.75, 3.05) is 18.9 Å². The zero-order valence-corrected chi connectivity index (χ0v) is 12.4. The number of rotatable bonds is 5. The van der Waals surface area contributed by atoms with E-state index in [1.54, 1.807) is 0 Å². The van der Waals surface area contributed by atoms with Gasteiger partial charge in [0, 0.05) is 22.2 Å². The van der Waals surface area contributed by atoms with Gasteiger partial charge in [0.2, 0.25) is 0 Å². The first-order chi connectivity index (χ1) is 8.20. The number of nitrogens with two attached hydrogens (primary N) is 1. The van der Waals surface area contributed by atoms with Crippen LogP contribution in [0.4, 0.5) is 0 Å². The molecule has 0 aromatic heterocycles. The monoisotopic (exact) mass is 315 g/mol. The van der Waals surface area contributed by atoms with Crippen LogP contribution in [0.15, 0.2) is 16.6 Å². The minimum atomic E-state index is 0.584. The number of thioether (sulfide) groups is 1. The Balaban J connectivity index is 2.01. The summed E-state index contributed by atoms with van der Waals surface area (Å²) in [5.74, 6) is 3.81. The molecule has 1 atom stereocenters. The van der Waals surface area contributed by atoms with Gasteiger partial charge in [0.05, 0.1) is 6.61 Å². The van der Waals surface area contributed by atoms with Gasteiger partial charge in [-0.2, -0.15) is 11.8 Å². The Morgan fingerprint density at radius 1 is 1.53 bits per heavy atom. The van der Waals surface area contributed by atoms with Crippen LogP contribution >= 0.6 is 27.7 Å². The molecule has 0 saturated carbocycles. The molecule has 94 valence electrons. The highest BCUT2D eigenvalue weighted by molar-refractivity contribution is 9.10. The van der Waals surface area contributed by atoms with E-state index in [0.29, 0.717) is 5.92 Å². The molecule has 17 heavy (non-hydrogen) atoms. The lowest BCUT2D eigenvalue weighted by molar-refractivity contribution is 0.354.